The summed E-state index contributed by atoms with van der Waals surface area (Å²) in [5, 5.41) is 0. The number of rotatable bonds is 3. The molecule has 0 aromatic heterocycles. The zero-order chi connectivity index (χ0) is 21.9. The molecule has 0 bridgehead atoms. The molecule has 30 heavy (non-hydrogen) atoms. The highest BCUT2D eigenvalue weighted by Crippen LogP contribution is 2.61. The lowest BCUT2D eigenvalue weighted by atomic mass is 9.48. The number of hydrogen-bond donors (Lipinski definition) is 0. The van der Waals surface area contributed by atoms with Crippen LogP contribution in [0.4, 0.5) is 0 Å². The number of carbonyl (C=O) groups excluding carboxylic acids is 1. The Labute approximate surface area is 181 Å². The zero-order valence-electron chi connectivity index (χ0n) is 19.6. The number of carbonyl (C=O) groups is 1. The van der Waals surface area contributed by atoms with E-state index in [0.29, 0.717) is 40.1 Å². The van der Waals surface area contributed by atoms with Crippen LogP contribution >= 0.6 is 0 Å². The molecule has 4 rings (SSSR count). The van der Waals surface area contributed by atoms with Crippen LogP contribution in [0.2, 0.25) is 0 Å². The predicted molar refractivity (Wildman–Crippen MR) is 119 cm³/mol. The van der Waals surface area contributed by atoms with E-state index in [1.54, 1.807) is 7.11 Å². The molecular formula is C26H36O4. The van der Waals surface area contributed by atoms with E-state index >= 15 is 0 Å². The third kappa shape index (κ3) is 3.23. The Hall–Kier alpha value is -1.97. The molecule has 4 heteroatoms. The van der Waals surface area contributed by atoms with Crippen molar-refractivity contribution in [1.82, 2.24) is 0 Å². The molecule has 164 valence electrons. The Balaban J connectivity index is 1.87. The van der Waals surface area contributed by atoms with Crippen molar-refractivity contribution >= 4 is 12.4 Å². The monoisotopic (exact) mass is 412 g/mol. The molecule has 0 unspecified atom stereocenters. The van der Waals surface area contributed by atoms with Crippen molar-refractivity contribution in [1.29, 1.82) is 0 Å². The van der Waals surface area contributed by atoms with Gasteiger partial charge in [0.25, 0.3) is 0 Å². The zero-order valence-corrected chi connectivity index (χ0v) is 19.6. The standard InChI is InChI=1S/C26H36O4/c1-16-9-10-21-24(2,3)11-8-12-26(21,6)19(16)13-17-14-20-23(30-25(4,5)29-20)18(15-27)22(17)28-7/h13-16,21H,8-12H2,1-7H3/b19-13+/t16-,21+,26-/m1/s1. The van der Waals surface area contributed by atoms with Crippen LogP contribution in [-0.2, 0) is 0 Å². The van der Waals surface area contributed by atoms with Crippen LogP contribution in [-0.4, -0.2) is 19.2 Å². The quantitative estimate of drug-likeness (QED) is 0.521. The van der Waals surface area contributed by atoms with Gasteiger partial charge >= 0.3 is 0 Å². The van der Waals surface area contributed by atoms with Crippen LogP contribution in [0, 0.1) is 22.7 Å². The van der Waals surface area contributed by atoms with E-state index in [2.05, 4.69) is 33.8 Å². The number of benzene rings is 1. The molecule has 4 nitrogen and oxygen atoms in total. The summed E-state index contributed by atoms with van der Waals surface area (Å²) in [6, 6.07) is 1.98. The fourth-order valence-corrected chi connectivity index (χ4v) is 6.60. The van der Waals surface area contributed by atoms with Crippen LogP contribution in [0.15, 0.2) is 11.6 Å². The first-order chi connectivity index (χ1) is 14.0. The Kier molecular flexibility index (Phi) is 4.99. The molecule has 2 fully saturated rings. The normalized spacial score (nSPS) is 32.6. The van der Waals surface area contributed by atoms with Gasteiger partial charge in [0.05, 0.1) is 7.11 Å². The molecular weight excluding hydrogens is 376 g/mol. The third-order valence-electron chi connectivity index (χ3n) is 7.91. The molecule has 0 saturated heterocycles. The van der Waals surface area contributed by atoms with Gasteiger partial charge in [-0.25, -0.2) is 0 Å². The minimum atomic E-state index is -0.792. The first kappa shape index (κ1) is 21.3. The lowest BCUT2D eigenvalue weighted by molar-refractivity contribution is -0.0433. The Morgan fingerprint density at radius 2 is 1.83 bits per heavy atom. The first-order valence-corrected chi connectivity index (χ1v) is 11.3. The molecule has 1 aliphatic heterocycles. The van der Waals surface area contributed by atoms with Crippen molar-refractivity contribution in [2.75, 3.05) is 7.11 Å². The number of aldehydes is 1. The van der Waals surface area contributed by atoms with E-state index < -0.39 is 5.79 Å². The summed E-state index contributed by atoms with van der Waals surface area (Å²) in [6.07, 6.45) is 9.38. The average Bonchev–Trinajstić information content (AvgIpc) is 2.96. The van der Waals surface area contributed by atoms with Crippen molar-refractivity contribution in [3.8, 4) is 17.2 Å². The topological polar surface area (TPSA) is 44.8 Å². The molecule has 3 aliphatic rings. The molecule has 1 aromatic rings. The molecule has 0 N–H and O–H groups in total. The van der Waals surface area contributed by atoms with Gasteiger partial charge in [0.1, 0.15) is 11.3 Å². The Morgan fingerprint density at radius 3 is 2.50 bits per heavy atom. The number of hydrogen-bond acceptors (Lipinski definition) is 4. The number of allylic oxidation sites excluding steroid dienone is 1. The highest BCUT2D eigenvalue weighted by atomic mass is 16.7. The van der Waals surface area contributed by atoms with Crippen molar-refractivity contribution < 1.29 is 19.0 Å². The molecule has 1 aromatic carbocycles. The van der Waals surface area contributed by atoms with E-state index in [0.717, 1.165) is 11.8 Å². The molecule has 1 heterocycles. The van der Waals surface area contributed by atoms with Crippen molar-refractivity contribution in [3.63, 3.8) is 0 Å². The van der Waals surface area contributed by atoms with Crippen LogP contribution < -0.4 is 14.2 Å². The van der Waals surface area contributed by atoms with Gasteiger partial charge in [-0.15, -0.1) is 0 Å². The smallest absolute Gasteiger partial charge is 0.246 e. The SMILES string of the molecule is COc1c(/C=C2\[C@H](C)CC[C@H]3C(C)(C)CCC[C@]23C)cc2c(c1C=O)OC(C)(C)O2. The third-order valence-corrected chi connectivity index (χ3v) is 7.91. The van der Waals surface area contributed by atoms with Crippen molar-refractivity contribution in [2.45, 2.75) is 79.4 Å². The minimum absolute atomic E-state index is 0.168. The second-order valence-electron chi connectivity index (χ2n) is 10.9. The van der Waals surface area contributed by atoms with Crippen molar-refractivity contribution in [3.05, 3.63) is 22.8 Å². The van der Waals surface area contributed by atoms with E-state index in [-0.39, 0.29) is 5.41 Å². The molecule has 0 amide bonds. The maximum absolute atomic E-state index is 12.0. The van der Waals surface area contributed by atoms with Gasteiger partial charge in [-0.2, -0.15) is 0 Å². The van der Waals surface area contributed by atoms with Gasteiger partial charge in [0.15, 0.2) is 17.8 Å². The van der Waals surface area contributed by atoms with Crippen LogP contribution in [0.1, 0.15) is 89.6 Å². The summed E-state index contributed by atoms with van der Waals surface area (Å²) in [5.74, 6) is 2.06. The fraction of sp³-hybridized carbons (Fsp3) is 0.654. The fourth-order valence-electron chi connectivity index (χ4n) is 6.60. The Bertz CT molecular complexity index is 895. The van der Waals surface area contributed by atoms with Gasteiger partial charge in [0, 0.05) is 19.4 Å². The highest BCUT2D eigenvalue weighted by molar-refractivity contribution is 5.89. The van der Waals surface area contributed by atoms with Crippen LogP contribution in [0.25, 0.3) is 6.08 Å². The van der Waals surface area contributed by atoms with E-state index in [1.165, 1.54) is 37.7 Å². The molecule has 0 spiro atoms. The second kappa shape index (κ2) is 7.03. The van der Waals surface area contributed by atoms with E-state index in [9.17, 15) is 4.79 Å². The Morgan fingerprint density at radius 1 is 1.10 bits per heavy atom. The van der Waals surface area contributed by atoms with E-state index in [4.69, 9.17) is 14.2 Å². The summed E-state index contributed by atoms with van der Waals surface area (Å²) >= 11 is 0. The summed E-state index contributed by atoms with van der Waals surface area (Å²) in [5.41, 5.74) is 3.35. The maximum Gasteiger partial charge on any atom is 0.246 e. The van der Waals surface area contributed by atoms with Gasteiger partial charge in [0.2, 0.25) is 5.79 Å². The number of methoxy groups -OCH3 is 1. The molecule has 3 atom stereocenters. The summed E-state index contributed by atoms with van der Waals surface area (Å²) in [6.45, 7) is 13.4. The highest BCUT2D eigenvalue weighted by Gasteiger charge is 2.51. The van der Waals surface area contributed by atoms with Gasteiger partial charge in [-0.05, 0) is 54.4 Å². The summed E-state index contributed by atoms with van der Waals surface area (Å²) < 4.78 is 17.6. The molecule has 2 aliphatic carbocycles. The lowest BCUT2D eigenvalue weighted by Gasteiger charge is -2.56. The minimum Gasteiger partial charge on any atom is -0.495 e. The number of ether oxygens (including phenoxy) is 3. The largest absolute Gasteiger partial charge is 0.495 e. The average molecular weight is 413 g/mol. The molecule has 0 radical (unpaired) electrons. The van der Waals surface area contributed by atoms with Gasteiger partial charge < -0.3 is 14.2 Å². The van der Waals surface area contributed by atoms with Crippen LogP contribution in [0.3, 0.4) is 0 Å². The van der Waals surface area contributed by atoms with Crippen molar-refractivity contribution in [2.24, 2.45) is 22.7 Å². The van der Waals surface area contributed by atoms with E-state index in [1.807, 2.05) is 19.9 Å². The summed E-state index contributed by atoms with van der Waals surface area (Å²) in [7, 11) is 1.62. The second-order valence-corrected chi connectivity index (χ2v) is 10.9. The summed E-state index contributed by atoms with van der Waals surface area (Å²) in [4.78, 5) is 12.0. The molecule has 2 saturated carbocycles. The lowest BCUT2D eigenvalue weighted by Crippen LogP contribution is -2.47. The predicted octanol–water partition coefficient (Wildman–Crippen LogP) is 6.66. The van der Waals surface area contributed by atoms with Gasteiger partial charge in [-0.3, -0.25) is 4.79 Å². The number of fused-ring (bicyclic) bond motifs is 2. The van der Waals surface area contributed by atoms with Crippen LogP contribution in [0.5, 0.6) is 17.2 Å². The first-order valence-electron chi connectivity index (χ1n) is 11.3. The maximum atomic E-state index is 12.0. The van der Waals surface area contributed by atoms with Gasteiger partial charge in [-0.1, -0.05) is 45.8 Å².